The molecule has 0 radical (unpaired) electrons. The summed E-state index contributed by atoms with van der Waals surface area (Å²) >= 11 is 0. The smallest absolute Gasteiger partial charge is 0.224 e. The van der Waals surface area contributed by atoms with E-state index < -0.39 is 0 Å². The number of benzene rings is 2. The van der Waals surface area contributed by atoms with Gasteiger partial charge in [0.25, 0.3) is 0 Å². The summed E-state index contributed by atoms with van der Waals surface area (Å²) in [7, 11) is 0. The number of aromatic amines is 1. The van der Waals surface area contributed by atoms with E-state index in [1.807, 2.05) is 36.4 Å². The van der Waals surface area contributed by atoms with Gasteiger partial charge in [0.05, 0.1) is 11.0 Å². The van der Waals surface area contributed by atoms with E-state index in [9.17, 15) is 4.79 Å². The van der Waals surface area contributed by atoms with Crippen molar-refractivity contribution >= 4 is 22.6 Å². The zero-order valence-corrected chi connectivity index (χ0v) is 15.7. The number of fused-ring (bicyclic) bond motifs is 1. The lowest BCUT2D eigenvalue weighted by molar-refractivity contribution is -0.116. The van der Waals surface area contributed by atoms with Crippen molar-refractivity contribution < 1.29 is 4.79 Å². The van der Waals surface area contributed by atoms with Crippen molar-refractivity contribution in [1.29, 1.82) is 0 Å². The van der Waals surface area contributed by atoms with Crippen LogP contribution >= 0.6 is 0 Å². The fourth-order valence-corrected chi connectivity index (χ4v) is 4.05. The van der Waals surface area contributed by atoms with Crippen molar-refractivity contribution in [2.75, 3.05) is 5.32 Å². The molecule has 0 bridgehead atoms. The second kappa shape index (κ2) is 8.38. The van der Waals surface area contributed by atoms with Crippen LogP contribution in [-0.4, -0.2) is 15.9 Å². The van der Waals surface area contributed by atoms with Gasteiger partial charge in [-0.1, -0.05) is 49.9 Å². The maximum atomic E-state index is 12.2. The molecule has 1 saturated carbocycles. The van der Waals surface area contributed by atoms with Crippen molar-refractivity contribution in [3.8, 4) is 0 Å². The van der Waals surface area contributed by atoms with Crippen LogP contribution in [0.25, 0.3) is 11.0 Å². The molecule has 1 aliphatic carbocycles. The molecule has 4 nitrogen and oxygen atoms in total. The van der Waals surface area contributed by atoms with Crippen LogP contribution < -0.4 is 5.32 Å². The quantitative estimate of drug-likeness (QED) is 0.603. The number of hydrogen-bond donors (Lipinski definition) is 2. The van der Waals surface area contributed by atoms with Gasteiger partial charge >= 0.3 is 0 Å². The van der Waals surface area contributed by atoms with Gasteiger partial charge < -0.3 is 10.3 Å². The highest BCUT2D eigenvalue weighted by Gasteiger charge is 2.16. The molecule has 140 valence electrons. The molecule has 1 fully saturated rings. The summed E-state index contributed by atoms with van der Waals surface area (Å²) in [6, 6.07) is 16.3. The standard InChI is InChI=1S/C23H27N3O/c27-23(15-13-17-6-1-2-7-17)24-19-9-5-8-18(16-19)12-14-22-25-20-10-3-4-11-21(20)26-22/h3-5,8-11,16-17H,1-2,6-7,12-15H2,(H,24,27)(H,25,26). The predicted octanol–water partition coefficient (Wildman–Crippen LogP) is 5.26. The minimum absolute atomic E-state index is 0.135. The number of para-hydroxylation sites is 2. The predicted molar refractivity (Wildman–Crippen MR) is 110 cm³/mol. The van der Waals surface area contributed by atoms with E-state index in [2.05, 4.69) is 27.4 Å². The normalized spacial score (nSPS) is 14.7. The number of rotatable bonds is 7. The van der Waals surface area contributed by atoms with E-state index >= 15 is 0 Å². The monoisotopic (exact) mass is 361 g/mol. The lowest BCUT2D eigenvalue weighted by atomic mass is 10.0. The Hall–Kier alpha value is -2.62. The molecule has 0 atom stereocenters. The van der Waals surface area contributed by atoms with Gasteiger partial charge in [-0.25, -0.2) is 4.98 Å². The number of carbonyl (C=O) groups excluding carboxylic acids is 1. The Kier molecular flexibility index (Phi) is 5.52. The minimum atomic E-state index is 0.135. The molecule has 4 rings (SSSR count). The fraction of sp³-hybridized carbons (Fsp3) is 0.391. The number of nitrogens with zero attached hydrogens (tertiary/aromatic N) is 1. The van der Waals surface area contributed by atoms with Crippen LogP contribution in [0, 0.1) is 5.92 Å². The molecule has 2 aromatic carbocycles. The van der Waals surface area contributed by atoms with Crippen molar-refractivity contribution in [2.24, 2.45) is 5.92 Å². The number of anilines is 1. The molecule has 0 saturated heterocycles. The molecule has 0 aliphatic heterocycles. The van der Waals surface area contributed by atoms with Gasteiger partial charge in [-0.2, -0.15) is 0 Å². The number of imidazole rings is 1. The second-order valence-corrected chi connectivity index (χ2v) is 7.64. The van der Waals surface area contributed by atoms with E-state index in [0.29, 0.717) is 6.42 Å². The summed E-state index contributed by atoms with van der Waals surface area (Å²) in [5.74, 6) is 1.89. The third kappa shape index (κ3) is 4.76. The summed E-state index contributed by atoms with van der Waals surface area (Å²) in [4.78, 5) is 20.2. The fourth-order valence-electron chi connectivity index (χ4n) is 4.05. The zero-order chi connectivity index (χ0) is 18.5. The van der Waals surface area contributed by atoms with Crippen LogP contribution in [0.5, 0.6) is 0 Å². The highest BCUT2D eigenvalue weighted by atomic mass is 16.1. The van der Waals surface area contributed by atoms with Gasteiger partial charge in [0.2, 0.25) is 5.91 Å². The largest absolute Gasteiger partial charge is 0.342 e. The van der Waals surface area contributed by atoms with Gasteiger partial charge in [-0.3, -0.25) is 4.79 Å². The lowest BCUT2D eigenvalue weighted by Gasteiger charge is -2.10. The third-order valence-corrected chi connectivity index (χ3v) is 5.55. The van der Waals surface area contributed by atoms with Crippen molar-refractivity contribution in [2.45, 2.75) is 51.4 Å². The third-order valence-electron chi connectivity index (χ3n) is 5.55. The molecular formula is C23H27N3O. The van der Waals surface area contributed by atoms with Gasteiger partial charge in [0.15, 0.2) is 0 Å². The number of aryl methyl sites for hydroxylation is 2. The SMILES string of the molecule is O=C(CCC1CCCC1)Nc1cccc(CCc2nc3ccccc3[nH]2)c1. The van der Waals surface area contributed by atoms with Gasteiger partial charge in [0, 0.05) is 18.5 Å². The van der Waals surface area contributed by atoms with Crippen molar-refractivity contribution in [3.05, 3.63) is 59.9 Å². The summed E-state index contributed by atoms with van der Waals surface area (Å²) < 4.78 is 0. The number of nitrogens with one attached hydrogen (secondary N) is 2. The molecule has 1 aromatic heterocycles. The van der Waals surface area contributed by atoms with E-state index in [4.69, 9.17) is 0 Å². The maximum absolute atomic E-state index is 12.2. The Bertz CT molecular complexity index is 876. The summed E-state index contributed by atoms with van der Waals surface area (Å²) in [5, 5.41) is 3.06. The molecule has 0 unspecified atom stereocenters. The molecule has 2 N–H and O–H groups in total. The van der Waals surface area contributed by atoms with Gasteiger partial charge in [0.1, 0.15) is 5.82 Å². The Morgan fingerprint density at radius 2 is 1.93 bits per heavy atom. The van der Waals surface area contributed by atoms with Crippen LogP contribution in [0.3, 0.4) is 0 Å². The molecule has 0 spiro atoms. The van der Waals surface area contributed by atoms with Crippen molar-refractivity contribution in [3.63, 3.8) is 0 Å². The molecule has 1 heterocycles. The van der Waals surface area contributed by atoms with E-state index in [1.165, 1.54) is 31.2 Å². The first-order chi connectivity index (χ1) is 13.3. The van der Waals surface area contributed by atoms with Crippen LogP contribution in [0.2, 0.25) is 0 Å². The van der Waals surface area contributed by atoms with Gasteiger partial charge in [-0.15, -0.1) is 0 Å². The maximum Gasteiger partial charge on any atom is 0.224 e. The van der Waals surface area contributed by atoms with Crippen molar-refractivity contribution in [1.82, 2.24) is 9.97 Å². The van der Waals surface area contributed by atoms with E-state index in [1.54, 1.807) is 0 Å². The first-order valence-corrected chi connectivity index (χ1v) is 10.1. The summed E-state index contributed by atoms with van der Waals surface area (Å²) in [5.41, 5.74) is 4.20. The number of aromatic nitrogens is 2. The molecule has 4 heteroatoms. The molecule has 3 aromatic rings. The second-order valence-electron chi connectivity index (χ2n) is 7.64. The molecular weight excluding hydrogens is 334 g/mol. The number of carbonyl (C=O) groups is 1. The summed E-state index contributed by atoms with van der Waals surface area (Å²) in [6.07, 6.45) is 8.67. The van der Waals surface area contributed by atoms with Crippen LogP contribution in [0.15, 0.2) is 48.5 Å². The Labute approximate surface area is 160 Å². The Balaban J connectivity index is 1.30. The Morgan fingerprint density at radius 3 is 2.78 bits per heavy atom. The highest BCUT2D eigenvalue weighted by molar-refractivity contribution is 5.90. The average molecular weight is 361 g/mol. The minimum Gasteiger partial charge on any atom is -0.342 e. The van der Waals surface area contributed by atoms with Crippen LogP contribution in [-0.2, 0) is 17.6 Å². The number of hydrogen-bond acceptors (Lipinski definition) is 2. The molecule has 1 aliphatic rings. The summed E-state index contributed by atoms with van der Waals surface area (Å²) in [6.45, 7) is 0. The zero-order valence-electron chi connectivity index (χ0n) is 15.7. The number of H-pyrrole nitrogens is 1. The highest BCUT2D eigenvalue weighted by Crippen LogP contribution is 2.28. The first kappa shape index (κ1) is 17.8. The number of amides is 1. The molecule has 27 heavy (non-hydrogen) atoms. The lowest BCUT2D eigenvalue weighted by Crippen LogP contribution is -2.13. The topological polar surface area (TPSA) is 57.8 Å². The van der Waals surface area contributed by atoms with Gasteiger partial charge in [-0.05, 0) is 48.6 Å². The molecule has 1 amide bonds. The Morgan fingerprint density at radius 1 is 1.07 bits per heavy atom. The van der Waals surface area contributed by atoms with Crippen LogP contribution in [0.1, 0.15) is 49.9 Å². The van der Waals surface area contributed by atoms with E-state index in [0.717, 1.165) is 47.7 Å². The van der Waals surface area contributed by atoms with Crippen LogP contribution in [0.4, 0.5) is 5.69 Å². The average Bonchev–Trinajstić information content (AvgIpc) is 3.34. The van der Waals surface area contributed by atoms with E-state index in [-0.39, 0.29) is 5.91 Å². The first-order valence-electron chi connectivity index (χ1n) is 10.1.